The van der Waals surface area contributed by atoms with Crippen LogP contribution in [0.15, 0.2) is 58.2 Å². The zero-order valence-corrected chi connectivity index (χ0v) is 17.2. The minimum Gasteiger partial charge on any atom is -0.493 e. The Morgan fingerprint density at radius 3 is 2.55 bits per heavy atom. The molecule has 29 heavy (non-hydrogen) atoms. The van der Waals surface area contributed by atoms with E-state index in [1.54, 1.807) is 31.2 Å². The molecular formula is C21H21N3O4S. The number of carbonyl (C=O) groups is 2. The minimum absolute atomic E-state index is 0.0705. The van der Waals surface area contributed by atoms with E-state index >= 15 is 0 Å². The lowest BCUT2D eigenvalue weighted by atomic mass is 10.1. The number of nitrogens with zero attached hydrogens (tertiary/aromatic N) is 2. The Kier molecular flexibility index (Phi) is 6.66. The number of rotatable bonds is 8. The van der Waals surface area contributed by atoms with Gasteiger partial charge in [0, 0.05) is 18.2 Å². The summed E-state index contributed by atoms with van der Waals surface area (Å²) in [5, 5.41) is 10.7. The summed E-state index contributed by atoms with van der Waals surface area (Å²) in [4.78, 5) is 23.8. The molecule has 0 aliphatic carbocycles. The molecule has 3 aromatic rings. The standard InChI is InChI=1S/C21H21N3O4S/c1-4-27-18-8-6-5-7-17(18)20-23-24-21(28-20)29-13(2)19(26)15-9-11-16(12-10-15)22-14(3)25/h5-13H,4H2,1-3H3,(H,22,25). The van der Waals surface area contributed by atoms with Gasteiger partial charge in [0.05, 0.1) is 17.4 Å². The van der Waals surface area contributed by atoms with Crippen LogP contribution in [0.1, 0.15) is 31.1 Å². The van der Waals surface area contributed by atoms with Crippen LogP contribution in [0.4, 0.5) is 5.69 Å². The van der Waals surface area contributed by atoms with E-state index < -0.39 is 5.25 Å². The lowest BCUT2D eigenvalue weighted by molar-refractivity contribution is -0.114. The number of anilines is 1. The van der Waals surface area contributed by atoms with Crippen LogP contribution in [0.2, 0.25) is 0 Å². The van der Waals surface area contributed by atoms with Crippen LogP contribution >= 0.6 is 11.8 Å². The van der Waals surface area contributed by atoms with E-state index in [2.05, 4.69) is 15.5 Å². The fraction of sp³-hybridized carbons (Fsp3) is 0.238. The summed E-state index contributed by atoms with van der Waals surface area (Å²) in [5.74, 6) is 0.777. The topological polar surface area (TPSA) is 94.3 Å². The molecule has 0 saturated heterocycles. The van der Waals surface area contributed by atoms with Gasteiger partial charge >= 0.3 is 0 Å². The molecule has 0 fully saturated rings. The van der Waals surface area contributed by atoms with Crippen molar-refractivity contribution in [2.75, 3.05) is 11.9 Å². The largest absolute Gasteiger partial charge is 0.493 e. The van der Waals surface area contributed by atoms with Crippen molar-refractivity contribution < 1.29 is 18.7 Å². The van der Waals surface area contributed by atoms with E-state index in [1.165, 1.54) is 18.7 Å². The number of hydrogen-bond donors (Lipinski definition) is 1. The van der Waals surface area contributed by atoms with Gasteiger partial charge < -0.3 is 14.5 Å². The summed E-state index contributed by atoms with van der Waals surface area (Å²) in [6, 6.07) is 14.2. The molecular weight excluding hydrogens is 390 g/mol. The van der Waals surface area contributed by atoms with Crippen molar-refractivity contribution in [1.82, 2.24) is 10.2 Å². The maximum atomic E-state index is 12.7. The van der Waals surface area contributed by atoms with Gasteiger partial charge in [0.2, 0.25) is 5.91 Å². The van der Waals surface area contributed by atoms with Crippen molar-refractivity contribution >= 4 is 29.1 Å². The molecule has 1 amide bonds. The Morgan fingerprint density at radius 1 is 1.14 bits per heavy atom. The van der Waals surface area contributed by atoms with Gasteiger partial charge in [-0.1, -0.05) is 23.9 Å². The zero-order chi connectivity index (χ0) is 20.8. The first-order valence-electron chi connectivity index (χ1n) is 9.12. The molecule has 7 nitrogen and oxygen atoms in total. The lowest BCUT2D eigenvalue weighted by Crippen LogP contribution is -2.13. The highest BCUT2D eigenvalue weighted by Gasteiger charge is 2.21. The number of carbonyl (C=O) groups excluding carboxylic acids is 2. The Labute approximate surface area is 172 Å². The number of thioether (sulfide) groups is 1. The monoisotopic (exact) mass is 411 g/mol. The van der Waals surface area contributed by atoms with Crippen LogP contribution in [-0.2, 0) is 4.79 Å². The molecule has 1 aromatic heterocycles. The van der Waals surface area contributed by atoms with Gasteiger partial charge in [0.1, 0.15) is 5.75 Å². The van der Waals surface area contributed by atoms with E-state index in [0.717, 1.165) is 0 Å². The van der Waals surface area contributed by atoms with Crippen LogP contribution < -0.4 is 10.1 Å². The molecule has 0 aliphatic rings. The number of Topliss-reactive ketones (excluding diaryl/α,β-unsaturated/α-hetero) is 1. The molecule has 0 saturated carbocycles. The molecule has 1 unspecified atom stereocenters. The number of ketones is 1. The fourth-order valence-electron chi connectivity index (χ4n) is 2.65. The van der Waals surface area contributed by atoms with Crippen molar-refractivity contribution in [3.63, 3.8) is 0 Å². The highest BCUT2D eigenvalue weighted by atomic mass is 32.2. The van der Waals surface area contributed by atoms with Crippen molar-refractivity contribution in [3.05, 3.63) is 54.1 Å². The summed E-state index contributed by atoms with van der Waals surface area (Å²) in [6.45, 7) is 5.65. The molecule has 1 heterocycles. The smallest absolute Gasteiger partial charge is 0.277 e. The first kappa shape index (κ1) is 20.6. The molecule has 0 bridgehead atoms. The number of hydrogen-bond acceptors (Lipinski definition) is 7. The Bertz CT molecular complexity index is 1000. The highest BCUT2D eigenvalue weighted by Crippen LogP contribution is 2.32. The number of benzene rings is 2. The summed E-state index contributed by atoms with van der Waals surface area (Å²) in [7, 11) is 0. The van der Waals surface area contributed by atoms with E-state index in [-0.39, 0.29) is 11.7 Å². The second-order valence-electron chi connectivity index (χ2n) is 6.19. The SMILES string of the molecule is CCOc1ccccc1-c1nnc(SC(C)C(=O)c2ccc(NC(C)=O)cc2)o1. The third-order valence-electron chi connectivity index (χ3n) is 3.96. The van der Waals surface area contributed by atoms with Gasteiger partial charge in [-0.25, -0.2) is 0 Å². The number of ether oxygens (including phenoxy) is 1. The third kappa shape index (κ3) is 5.23. The number of nitrogens with one attached hydrogen (secondary N) is 1. The summed E-state index contributed by atoms with van der Waals surface area (Å²) in [5.41, 5.74) is 1.89. The first-order chi connectivity index (χ1) is 14.0. The van der Waals surface area contributed by atoms with Crippen molar-refractivity contribution in [1.29, 1.82) is 0 Å². The lowest BCUT2D eigenvalue weighted by Gasteiger charge is -2.09. The maximum absolute atomic E-state index is 12.7. The van der Waals surface area contributed by atoms with E-state index in [0.29, 0.717) is 40.3 Å². The van der Waals surface area contributed by atoms with Gasteiger partial charge in [-0.05, 0) is 50.2 Å². The van der Waals surface area contributed by atoms with Gasteiger partial charge in [-0.2, -0.15) is 0 Å². The number of amides is 1. The molecule has 150 valence electrons. The maximum Gasteiger partial charge on any atom is 0.277 e. The van der Waals surface area contributed by atoms with E-state index in [4.69, 9.17) is 9.15 Å². The Balaban J connectivity index is 1.69. The average Bonchev–Trinajstić information content (AvgIpc) is 3.16. The third-order valence-corrected chi connectivity index (χ3v) is 4.89. The van der Waals surface area contributed by atoms with Gasteiger partial charge in [-0.3, -0.25) is 9.59 Å². The average molecular weight is 411 g/mol. The van der Waals surface area contributed by atoms with Crippen LogP contribution in [0.3, 0.4) is 0 Å². The van der Waals surface area contributed by atoms with Crippen LogP contribution in [-0.4, -0.2) is 33.7 Å². The number of aromatic nitrogens is 2. The van der Waals surface area contributed by atoms with Crippen LogP contribution in [0.25, 0.3) is 11.5 Å². The summed E-state index contributed by atoms with van der Waals surface area (Å²) >= 11 is 1.20. The predicted molar refractivity (Wildman–Crippen MR) is 111 cm³/mol. The second kappa shape index (κ2) is 9.38. The molecule has 0 spiro atoms. The quantitative estimate of drug-likeness (QED) is 0.432. The Morgan fingerprint density at radius 2 is 1.86 bits per heavy atom. The van der Waals surface area contributed by atoms with Crippen molar-refractivity contribution in [2.24, 2.45) is 0 Å². The van der Waals surface area contributed by atoms with Crippen molar-refractivity contribution in [2.45, 2.75) is 31.2 Å². The highest BCUT2D eigenvalue weighted by molar-refractivity contribution is 8.00. The molecule has 0 radical (unpaired) electrons. The van der Waals surface area contributed by atoms with Crippen LogP contribution in [0, 0.1) is 0 Å². The minimum atomic E-state index is -0.419. The van der Waals surface area contributed by atoms with E-state index in [9.17, 15) is 9.59 Å². The van der Waals surface area contributed by atoms with Gasteiger partial charge in [0.15, 0.2) is 5.78 Å². The van der Waals surface area contributed by atoms with E-state index in [1.807, 2.05) is 31.2 Å². The summed E-state index contributed by atoms with van der Waals surface area (Å²) < 4.78 is 11.3. The molecule has 0 aliphatic heterocycles. The normalized spacial score (nSPS) is 11.7. The summed E-state index contributed by atoms with van der Waals surface area (Å²) in [6.07, 6.45) is 0. The molecule has 3 rings (SSSR count). The molecule has 8 heteroatoms. The van der Waals surface area contributed by atoms with Crippen molar-refractivity contribution in [3.8, 4) is 17.2 Å². The first-order valence-corrected chi connectivity index (χ1v) is 10.00. The van der Waals surface area contributed by atoms with Gasteiger partial charge in [0.25, 0.3) is 11.1 Å². The zero-order valence-electron chi connectivity index (χ0n) is 16.3. The molecule has 1 atom stereocenters. The predicted octanol–water partition coefficient (Wildman–Crippen LogP) is 4.46. The fourth-order valence-corrected chi connectivity index (χ4v) is 3.41. The molecule has 1 N–H and O–H groups in total. The van der Waals surface area contributed by atoms with Gasteiger partial charge in [-0.15, -0.1) is 10.2 Å². The Hall–Kier alpha value is -3.13. The second-order valence-corrected chi connectivity index (χ2v) is 7.48. The number of para-hydroxylation sites is 1. The molecule has 2 aromatic carbocycles. The van der Waals surface area contributed by atoms with Crippen LogP contribution in [0.5, 0.6) is 5.75 Å².